The third kappa shape index (κ3) is 2.83. The Morgan fingerprint density at radius 1 is 1.07 bits per heavy atom. The first kappa shape index (κ1) is 21.2. The van der Waals surface area contributed by atoms with Gasteiger partial charge in [-0.25, -0.2) is 0 Å². The summed E-state index contributed by atoms with van der Waals surface area (Å²) in [4.78, 5) is 30.0. The summed E-state index contributed by atoms with van der Waals surface area (Å²) in [6, 6.07) is 0.402. The summed E-state index contributed by atoms with van der Waals surface area (Å²) < 4.78 is 0. The molecule has 164 valence electrons. The van der Waals surface area contributed by atoms with Crippen LogP contribution in [0.2, 0.25) is 0 Å². The summed E-state index contributed by atoms with van der Waals surface area (Å²) in [7, 11) is 2.04. The van der Waals surface area contributed by atoms with Crippen LogP contribution in [0.1, 0.15) is 79.6 Å². The Bertz CT molecular complexity index is 674. The highest BCUT2D eigenvalue weighted by Gasteiger charge is 2.63. The predicted molar refractivity (Wildman–Crippen MR) is 116 cm³/mol. The smallest absolute Gasteiger partial charge is 0.226 e. The van der Waals surface area contributed by atoms with E-state index in [1.165, 1.54) is 25.7 Å². The number of amides is 2. The van der Waals surface area contributed by atoms with Gasteiger partial charge in [0.2, 0.25) is 11.8 Å². The van der Waals surface area contributed by atoms with E-state index in [4.69, 9.17) is 0 Å². The van der Waals surface area contributed by atoms with Crippen LogP contribution in [0, 0.1) is 40.4 Å². The van der Waals surface area contributed by atoms with Crippen LogP contribution < -0.4 is 0 Å². The van der Waals surface area contributed by atoms with Crippen LogP contribution >= 0.6 is 0 Å². The standard InChI is InChI=1S/C25H42N2O2/c1-7-27(8-2)23(29)20-11-10-18-17-9-12-21-25(5,16(3)15-22(28)26(21)6)19(17)13-14-24(18,20)4/h16-21H,7-15H2,1-6H3/t16-,17-,18-,19-,20+,21+,24-,25+/m0/s1. The van der Waals surface area contributed by atoms with Gasteiger partial charge in [-0.3, -0.25) is 9.59 Å². The number of fused-ring (bicyclic) bond motifs is 5. The Morgan fingerprint density at radius 2 is 1.76 bits per heavy atom. The molecule has 4 aliphatic rings. The van der Waals surface area contributed by atoms with Crippen LogP contribution in [0.15, 0.2) is 0 Å². The summed E-state index contributed by atoms with van der Waals surface area (Å²) in [5, 5.41) is 0. The molecule has 0 unspecified atom stereocenters. The minimum Gasteiger partial charge on any atom is -0.343 e. The molecule has 4 nitrogen and oxygen atoms in total. The van der Waals surface area contributed by atoms with E-state index in [9.17, 15) is 9.59 Å². The molecule has 3 aliphatic carbocycles. The van der Waals surface area contributed by atoms with Gasteiger partial charge in [0.25, 0.3) is 0 Å². The zero-order chi connectivity index (χ0) is 21.1. The Balaban J connectivity index is 1.61. The number of hydrogen-bond acceptors (Lipinski definition) is 2. The van der Waals surface area contributed by atoms with Crippen LogP contribution in [-0.2, 0) is 9.59 Å². The van der Waals surface area contributed by atoms with Crippen LogP contribution in [0.4, 0.5) is 0 Å². The van der Waals surface area contributed by atoms with Crippen LogP contribution in [0.3, 0.4) is 0 Å². The van der Waals surface area contributed by atoms with Crippen molar-refractivity contribution in [1.82, 2.24) is 9.80 Å². The number of hydrogen-bond donors (Lipinski definition) is 0. The summed E-state index contributed by atoms with van der Waals surface area (Å²) in [6.45, 7) is 13.1. The third-order valence-corrected chi connectivity index (χ3v) is 10.5. The molecule has 3 saturated carbocycles. The molecule has 0 aromatic heterocycles. The number of piperidine rings is 1. The maximum absolute atomic E-state index is 13.3. The Hall–Kier alpha value is -1.06. The van der Waals surface area contributed by atoms with Crippen molar-refractivity contribution in [2.45, 2.75) is 85.6 Å². The second-order valence-electron chi connectivity index (χ2n) is 11.1. The van der Waals surface area contributed by atoms with Gasteiger partial charge in [-0.2, -0.15) is 0 Å². The SMILES string of the molecule is CCN(CC)C(=O)[C@H]1CC[C@H]2[C@@H]3CC[C@H]4N(C)C(=O)C[C@H](C)[C@]4(C)[C@H]3CC[C@]12C. The molecule has 0 aromatic carbocycles. The van der Waals surface area contributed by atoms with Crippen LogP contribution in [0.5, 0.6) is 0 Å². The van der Waals surface area contributed by atoms with E-state index in [1.54, 1.807) is 0 Å². The van der Waals surface area contributed by atoms with Crippen molar-refractivity contribution in [2.24, 2.45) is 40.4 Å². The summed E-state index contributed by atoms with van der Waals surface area (Å²) >= 11 is 0. The van der Waals surface area contributed by atoms with Gasteiger partial charge >= 0.3 is 0 Å². The average molecular weight is 403 g/mol. The fraction of sp³-hybridized carbons (Fsp3) is 0.920. The highest BCUT2D eigenvalue weighted by Crippen LogP contribution is 2.67. The van der Waals surface area contributed by atoms with Crippen molar-refractivity contribution in [3.05, 3.63) is 0 Å². The number of likely N-dealkylation sites (tertiary alicyclic amines) is 1. The maximum atomic E-state index is 13.3. The van der Waals surface area contributed by atoms with Crippen molar-refractivity contribution in [1.29, 1.82) is 0 Å². The van der Waals surface area contributed by atoms with Crippen molar-refractivity contribution >= 4 is 11.8 Å². The Labute approximate surface area is 177 Å². The molecule has 1 aliphatic heterocycles. The molecule has 1 heterocycles. The summed E-state index contributed by atoms with van der Waals surface area (Å²) in [6.07, 6.45) is 7.81. The molecule has 4 heteroatoms. The second-order valence-corrected chi connectivity index (χ2v) is 11.1. The molecule has 0 N–H and O–H groups in total. The van der Waals surface area contributed by atoms with E-state index in [0.29, 0.717) is 42.0 Å². The van der Waals surface area contributed by atoms with Crippen LogP contribution in [0.25, 0.3) is 0 Å². The zero-order valence-corrected chi connectivity index (χ0v) is 19.5. The van der Waals surface area contributed by atoms with Gasteiger partial charge in [0.1, 0.15) is 0 Å². The number of rotatable bonds is 3. The molecule has 8 atom stereocenters. The lowest BCUT2D eigenvalue weighted by Gasteiger charge is -2.63. The first-order chi connectivity index (χ1) is 13.7. The minimum absolute atomic E-state index is 0.170. The molecule has 0 aromatic rings. The van der Waals surface area contributed by atoms with Gasteiger partial charge in [0.15, 0.2) is 0 Å². The molecule has 0 spiro atoms. The monoisotopic (exact) mass is 402 g/mol. The Kier molecular flexibility index (Phi) is 5.31. The normalized spacial score (nSPS) is 46.7. The Morgan fingerprint density at radius 3 is 2.41 bits per heavy atom. The van der Waals surface area contributed by atoms with Gasteiger partial charge in [-0.15, -0.1) is 0 Å². The van der Waals surface area contributed by atoms with E-state index in [-0.39, 0.29) is 16.7 Å². The van der Waals surface area contributed by atoms with Crippen molar-refractivity contribution in [2.75, 3.05) is 20.1 Å². The quantitative estimate of drug-likeness (QED) is 0.693. The van der Waals surface area contributed by atoms with Crippen molar-refractivity contribution < 1.29 is 9.59 Å². The maximum Gasteiger partial charge on any atom is 0.226 e. The van der Waals surface area contributed by atoms with Crippen molar-refractivity contribution in [3.8, 4) is 0 Å². The van der Waals surface area contributed by atoms with E-state index in [2.05, 4.69) is 44.4 Å². The fourth-order valence-electron chi connectivity index (χ4n) is 8.64. The molecule has 29 heavy (non-hydrogen) atoms. The topological polar surface area (TPSA) is 40.6 Å². The first-order valence-corrected chi connectivity index (χ1v) is 12.2. The van der Waals surface area contributed by atoms with Gasteiger partial charge in [0.05, 0.1) is 0 Å². The summed E-state index contributed by atoms with van der Waals surface area (Å²) in [5.41, 5.74) is 0.400. The predicted octanol–water partition coefficient (Wildman–Crippen LogP) is 4.58. The van der Waals surface area contributed by atoms with Crippen molar-refractivity contribution in [3.63, 3.8) is 0 Å². The highest BCUT2D eigenvalue weighted by molar-refractivity contribution is 5.80. The lowest BCUT2D eigenvalue weighted by atomic mass is 9.45. The van der Waals surface area contributed by atoms with Gasteiger partial charge in [-0.1, -0.05) is 20.8 Å². The van der Waals surface area contributed by atoms with Gasteiger partial charge in [0, 0.05) is 38.5 Å². The molecule has 4 rings (SSSR count). The molecule has 0 bridgehead atoms. The third-order valence-electron chi connectivity index (χ3n) is 10.5. The lowest BCUT2D eigenvalue weighted by molar-refractivity contribution is -0.172. The zero-order valence-electron chi connectivity index (χ0n) is 19.5. The van der Waals surface area contributed by atoms with Gasteiger partial charge < -0.3 is 9.80 Å². The highest BCUT2D eigenvalue weighted by atomic mass is 16.2. The van der Waals surface area contributed by atoms with Gasteiger partial charge in [-0.05, 0) is 86.9 Å². The average Bonchev–Trinajstić information content (AvgIpc) is 3.04. The van der Waals surface area contributed by atoms with E-state index >= 15 is 0 Å². The number of carbonyl (C=O) groups is 2. The van der Waals surface area contributed by atoms with Crippen LogP contribution in [-0.4, -0.2) is 47.8 Å². The first-order valence-electron chi connectivity index (χ1n) is 12.2. The second kappa shape index (κ2) is 7.27. The summed E-state index contributed by atoms with van der Waals surface area (Å²) in [5.74, 6) is 3.54. The number of nitrogens with zero attached hydrogens (tertiary/aromatic N) is 2. The van der Waals surface area contributed by atoms with E-state index in [1.807, 2.05) is 7.05 Å². The fourth-order valence-corrected chi connectivity index (χ4v) is 8.64. The lowest BCUT2D eigenvalue weighted by Crippen LogP contribution is -2.64. The number of carbonyl (C=O) groups excluding carboxylic acids is 2. The largest absolute Gasteiger partial charge is 0.343 e. The van der Waals surface area contributed by atoms with E-state index in [0.717, 1.165) is 31.8 Å². The molecule has 1 saturated heterocycles. The molecule has 2 amide bonds. The molecular weight excluding hydrogens is 360 g/mol. The van der Waals surface area contributed by atoms with E-state index < -0.39 is 0 Å². The molecular formula is C25H42N2O2. The molecule has 4 fully saturated rings. The minimum atomic E-state index is 0.170. The molecule has 0 radical (unpaired) electrons.